The first-order valence-corrected chi connectivity index (χ1v) is 8.38. The van der Waals surface area contributed by atoms with E-state index in [1.54, 1.807) is 0 Å². The van der Waals surface area contributed by atoms with Gasteiger partial charge in [-0.05, 0) is 43.4 Å². The lowest BCUT2D eigenvalue weighted by atomic mass is 10.1. The fourth-order valence-corrected chi connectivity index (χ4v) is 4.03. The standard InChI is InChI=1S/C16H20N2O2S/c1-10-6-7-14-12(8-10)17-16(21-9-15(19)20)18(14)13-5-3-4-11(13)2/h6-8,11,13H,3-5,9H2,1-2H3,(H,19,20). The summed E-state index contributed by atoms with van der Waals surface area (Å²) in [5.74, 6) is -0.120. The molecular weight excluding hydrogens is 284 g/mol. The zero-order valence-corrected chi connectivity index (χ0v) is 13.2. The van der Waals surface area contributed by atoms with E-state index in [0.29, 0.717) is 12.0 Å². The van der Waals surface area contributed by atoms with E-state index in [4.69, 9.17) is 5.11 Å². The van der Waals surface area contributed by atoms with Crippen LogP contribution in [0.4, 0.5) is 0 Å². The molecule has 1 aromatic heterocycles. The van der Waals surface area contributed by atoms with E-state index in [9.17, 15) is 4.79 Å². The van der Waals surface area contributed by atoms with Crippen LogP contribution < -0.4 is 0 Å². The number of carbonyl (C=O) groups is 1. The van der Waals surface area contributed by atoms with Gasteiger partial charge in [0.15, 0.2) is 5.16 Å². The third-order valence-electron chi connectivity index (χ3n) is 4.29. The third kappa shape index (κ3) is 2.79. The van der Waals surface area contributed by atoms with Crippen molar-refractivity contribution in [2.45, 2.75) is 44.3 Å². The molecular formula is C16H20N2O2S. The van der Waals surface area contributed by atoms with E-state index < -0.39 is 5.97 Å². The van der Waals surface area contributed by atoms with Gasteiger partial charge in [-0.2, -0.15) is 0 Å². The number of carboxylic acids is 1. The summed E-state index contributed by atoms with van der Waals surface area (Å²) in [5.41, 5.74) is 3.29. The highest BCUT2D eigenvalue weighted by atomic mass is 32.2. The number of benzene rings is 1. The second kappa shape index (κ2) is 5.72. The largest absolute Gasteiger partial charge is 0.481 e. The number of fused-ring (bicyclic) bond motifs is 1. The number of rotatable bonds is 4. The van der Waals surface area contributed by atoms with Crippen LogP contribution in [0.15, 0.2) is 23.4 Å². The number of hydrogen-bond acceptors (Lipinski definition) is 3. The molecule has 2 atom stereocenters. The quantitative estimate of drug-likeness (QED) is 0.871. The molecule has 0 aliphatic heterocycles. The van der Waals surface area contributed by atoms with E-state index in [-0.39, 0.29) is 5.75 Å². The molecule has 1 N–H and O–H groups in total. The number of hydrogen-bond donors (Lipinski definition) is 1. The highest BCUT2D eigenvalue weighted by molar-refractivity contribution is 7.99. The molecule has 1 fully saturated rings. The van der Waals surface area contributed by atoms with Crippen molar-refractivity contribution >= 4 is 28.8 Å². The second-order valence-corrected chi connectivity index (χ2v) is 6.86. The number of thioether (sulfide) groups is 1. The van der Waals surface area contributed by atoms with Gasteiger partial charge in [0.25, 0.3) is 0 Å². The highest BCUT2D eigenvalue weighted by Gasteiger charge is 2.28. The van der Waals surface area contributed by atoms with Crippen LogP contribution in [0.3, 0.4) is 0 Å². The lowest BCUT2D eigenvalue weighted by Gasteiger charge is -2.20. The molecule has 1 aliphatic carbocycles. The summed E-state index contributed by atoms with van der Waals surface area (Å²) in [7, 11) is 0. The first kappa shape index (κ1) is 14.4. The van der Waals surface area contributed by atoms with Crippen LogP contribution in [0.1, 0.15) is 37.8 Å². The van der Waals surface area contributed by atoms with Crippen LogP contribution in [-0.4, -0.2) is 26.4 Å². The first-order chi connectivity index (χ1) is 10.1. The molecule has 0 bridgehead atoms. The lowest BCUT2D eigenvalue weighted by molar-refractivity contribution is -0.133. The average molecular weight is 304 g/mol. The normalized spacial score (nSPS) is 22.0. The molecule has 0 amide bonds. The maximum atomic E-state index is 10.9. The summed E-state index contributed by atoms with van der Waals surface area (Å²) >= 11 is 1.33. The molecule has 1 saturated carbocycles. The Hall–Kier alpha value is -1.49. The monoisotopic (exact) mass is 304 g/mol. The smallest absolute Gasteiger partial charge is 0.313 e. The number of nitrogens with zero attached hydrogens (tertiary/aromatic N) is 2. The summed E-state index contributed by atoms with van der Waals surface area (Å²) in [4.78, 5) is 15.6. The van der Waals surface area contributed by atoms with E-state index in [1.807, 2.05) is 0 Å². The molecule has 1 heterocycles. The number of aromatic nitrogens is 2. The van der Waals surface area contributed by atoms with Gasteiger partial charge in [-0.3, -0.25) is 4.79 Å². The van der Waals surface area contributed by atoms with Gasteiger partial charge in [0.05, 0.1) is 16.8 Å². The Morgan fingerprint density at radius 3 is 2.95 bits per heavy atom. The van der Waals surface area contributed by atoms with Crippen LogP contribution >= 0.6 is 11.8 Å². The minimum Gasteiger partial charge on any atom is -0.481 e. The van der Waals surface area contributed by atoms with Crippen LogP contribution in [0.2, 0.25) is 0 Å². The van der Waals surface area contributed by atoms with E-state index in [0.717, 1.165) is 22.6 Å². The summed E-state index contributed by atoms with van der Waals surface area (Å²) in [6, 6.07) is 6.74. The molecule has 4 nitrogen and oxygen atoms in total. The third-order valence-corrected chi connectivity index (χ3v) is 5.22. The molecule has 2 unspecified atom stereocenters. The highest BCUT2D eigenvalue weighted by Crippen LogP contribution is 2.40. The Labute approximate surface area is 128 Å². The molecule has 0 radical (unpaired) electrons. The van der Waals surface area contributed by atoms with E-state index in [2.05, 4.69) is 41.6 Å². The lowest BCUT2D eigenvalue weighted by Crippen LogP contribution is -2.13. The summed E-state index contributed by atoms with van der Waals surface area (Å²) in [6.07, 6.45) is 3.63. The van der Waals surface area contributed by atoms with Crippen molar-refractivity contribution in [1.82, 2.24) is 9.55 Å². The fraction of sp³-hybridized carbons (Fsp3) is 0.500. The Morgan fingerprint density at radius 2 is 2.29 bits per heavy atom. The van der Waals surface area contributed by atoms with Crippen molar-refractivity contribution in [2.75, 3.05) is 5.75 Å². The van der Waals surface area contributed by atoms with Crippen molar-refractivity contribution in [3.63, 3.8) is 0 Å². The van der Waals surface area contributed by atoms with Gasteiger partial charge in [-0.1, -0.05) is 31.2 Å². The van der Waals surface area contributed by atoms with Crippen molar-refractivity contribution in [3.8, 4) is 0 Å². The molecule has 5 heteroatoms. The van der Waals surface area contributed by atoms with Crippen LogP contribution in [0.5, 0.6) is 0 Å². The Kier molecular flexibility index (Phi) is 3.93. The zero-order valence-electron chi connectivity index (χ0n) is 12.4. The predicted molar refractivity (Wildman–Crippen MR) is 84.9 cm³/mol. The fourth-order valence-electron chi connectivity index (χ4n) is 3.24. The van der Waals surface area contributed by atoms with E-state index in [1.165, 1.54) is 30.2 Å². The van der Waals surface area contributed by atoms with Crippen molar-refractivity contribution in [1.29, 1.82) is 0 Å². The number of aliphatic carboxylic acids is 1. The Balaban J connectivity index is 2.08. The Morgan fingerprint density at radius 1 is 1.48 bits per heavy atom. The van der Waals surface area contributed by atoms with Gasteiger partial charge in [-0.25, -0.2) is 4.98 Å². The molecule has 1 aromatic carbocycles. The van der Waals surface area contributed by atoms with Gasteiger partial charge >= 0.3 is 5.97 Å². The van der Waals surface area contributed by atoms with Crippen molar-refractivity contribution < 1.29 is 9.90 Å². The number of aryl methyl sites for hydroxylation is 1. The molecule has 112 valence electrons. The van der Waals surface area contributed by atoms with Crippen LogP contribution in [0.25, 0.3) is 11.0 Å². The summed E-state index contributed by atoms with van der Waals surface area (Å²) in [6.45, 7) is 4.34. The molecule has 3 rings (SSSR count). The van der Waals surface area contributed by atoms with Crippen LogP contribution in [-0.2, 0) is 4.79 Å². The Bertz CT molecular complexity index is 680. The summed E-state index contributed by atoms with van der Waals surface area (Å²) < 4.78 is 2.28. The van der Waals surface area contributed by atoms with Gasteiger partial charge in [0.1, 0.15) is 0 Å². The zero-order chi connectivity index (χ0) is 15.0. The van der Waals surface area contributed by atoms with Gasteiger partial charge in [-0.15, -0.1) is 0 Å². The molecule has 21 heavy (non-hydrogen) atoms. The average Bonchev–Trinajstić information content (AvgIpc) is 2.98. The maximum absolute atomic E-state index is 10.9. The minimum absolute atomic E-state index is 0.0589. The van der Waals surface area contributed by atoms with Gasteiger partial charge < -0.3 is 9.67 Å². The van der Waals surface area contributed by atoms with Crippen molar-refractivity contribution in [3.05, 3.63) is 23.8 Å². The maximum Gasteiger partial charge on any atom is 0.313 e. The van der Waals surface area contributed by atoms with Crippen molar-refractivity contribution in [2.24, 2.45) is 5.92 Å². The van der Waals surface area contributed by atoms with Gasteiger partial charge in [0, 0.05) is 6.04 Å². The number of carboxylic acid groups (broad SMARTS) is 1. The molecule has 2 aromatic rings. The number of imidazole rings is 1. The molecule has 0 saturated heterocycles. The molecule has 1 aliphatic rings. The second-order valence-electron chi connectivity index (χ2n) is 5.91. The minimum atomic E-state index is -0.797. The van der Waals surface area contributed by atoms with E-state index >= 15 is 0 Å². The molecule has 0 spiro atoms. The topological polar surface area (TPSA) is 55.1 Å². The SMILES string of the molecule is Cc1ccc2c(c1)nc(SCC(=O)O)n2C1CCCC1C. The van der Waals surface area contributed by atoms with Crippen LogP contribution in [0, 0.1) is 12.8 Å². The summed E-state index contributed by atoms with van der Waals surface area (Å²) in [5, 5.41) is 9.79. The van der Waals surface area contributed by atoms with Gasteiger partial charge in [0.2, 0.25) is 0 Å². The first-order valence-electron chi connectivity index (χ1n) is 7.39. The predicted octanol–water partition coefficient (Wildman–Crippen LogP) is 3.88.